The van der Waals surface area contributed by atoms with E-state index in [4.69, 9.17) is 4.74 Å². The maximum absolute atomic E-state index is 13.2. The number of aromatic nitrogens is 2. The molecular weight excluding hydrogens is 446 g/mol. The van der Waals surface area contributed by atoms with Crippen LogP contribution in [0.2, 0.25) is 0 Å². The standard InChI is InChI=1S/C26H29N5O4/c1-35-23-10-6-5-9-20(23)13-25(33)29-22-14-27-31(17-22)18-26(34)30(15-19-7-3-2-4-8-19)16-21-11-12-24(32)28-21/h2-10,14,17,21H,11-13,15-16,18H2,1H3,(H,28,32)(H,29,33)/t21-/m0/s1. The fourth-order valence-corrected chi connectivity index (χ4v) is 4.12. The van der Waals surface area contributed by atoms with Gasteiger partial charge in [0.25, 0.3) is 0 Å². The van der Waals surface area contributed by atoms with Crippen LogP contribution in [0.15, 0.2) is 67.0 Å². The lowest BCUT2D eigenvalue weighted by Gasteiger charge is -2.26. The highest BCUT2D eigenvalue weighted by Gasteiger charge is 2.25. The molecule has 0 radical (unpaired) electrons. The minimum atomic E-state index is -0.206. The largest absolute Gasteiger partial charge is 0.496 e. The van der Waals surface area contributed by atoms with Crippen LogP contribution in [0.4, 0.5) is 5.69 Å². The maximum atomic E-state index is 13.2. The molecule has 1 aromatic heterocycles. The van der Waals surface area contributed by atoms with Gasteiger partial charge in [0.15, 0.2) is 0 Å². The van der Waals surface area contributed by atoms with Gasteiger partial charge in [-0.15, -0.1) is 0 Å². The molecule has 1 aliphatic heterocycles. The van der Waals surface area contributed by atoms with E-state index in [1.807, 2.05) is 54.6 Å². The molecule has 9 nitrogen and oxygen atoms in total. The summed E-state index contributed by atoms with van der Waals surface area (Å²) in [7, 11) is 1.57. The van der Waals surface area contributed by atoms with E-state index in [0.29, 0.717) is 37.4 Å². The van der Waals surface area contributed by atoms with Crippen LogP contribution in [0, 0.1) is 0 Å². The van der Waals surface area contributed by atoms with Gasteiger partial charge in [0, 0.05) is 37.3 Å². The molecule has 2 heterocycles. The molecule has 0 saturated carbocycles. The summed E-state index contributed by atoms with van der Waals surface area (Å²) >= 11 is 0. The Morgan fingerprint density at radius 2 is 1.94 bits per heavy atom. The number of rotatable bonds is 10. The van der Waals surface area contributed by atoms with Gasteiger partial charge in [0.1, 0.15) is 12.3 Å². The van der Waals surface area contributed by atoms with Crippen molar-refractivity contribution in [2.45, 2.75) is 38.4 Å². The number of methoxy groups -OCH3 is 1. The van der Waals surface area contributed by atoms with Crippen molar-refractivity contribution in [3.8, 4) is 5.75 Å². The summed E-state index contributed by atoms with van der Waals surface area (Å²) in [4.78, 5) is 39.0. The van der Waals surface area contributed by atoms with Gasteiger partial charge in [-0.25, -0.2) is 0 Å². The predicted molar refractivity (Wildman–Crippen MR) is 131 cm³/mol. The summed E-state index contributed by atoms with van der Waals surface area (Å²) in [6, 6.07) is 17.0. The zero-order valence-corrected chi connectivity index (χ0v) is 19.6. The molecular formula is C26H29N5O4. The van der Waals surface area contributed by atoms with E-state index in [2.05, 4.69) is 15.7 Å². The van der Waals surface area contributed by atoms with Crippen molar-refractivity contribution >= 4 is 23.4 Å². The van der Waals surface area contributed by atoms with Crippen molar-refractivity contribution < 1.29 is 19.1 Å². The van der Waals surface area contributed by atoms with Crippen molar-refractivity contribution in [2.24, 2.45) is 0 Å². The molecule has 1 saturated heterocycles. The Balaban J connectivity index is 1.37. The number of nitrogens with one attached hydrogen (secondary N) is 2. The van der Waals surface area contributed by atoms with Gasteiger partial charge < -0.3 is 20.3 Å². The topological polar surface area (TPSA) is 106 Å². The van der Waals surface area contributed by atoms with E-state index < -0.39 is 0 Å². The Morgan fingerprint density at radius 3 is 2.69 bits per heavy atom. The average Bonchev–Trinajstić information content (AvgIpc) is 3.47. The molecule has 0 bridgehead atoms. The van der Waals surface area contributed by atoms with E-state index in [0.717, 1.165) is 11.1 Å². The van der Waals surface area contributed by atoms with Crippen LogP contribution in [0.3, 0.4) is 0 Å². The number of carbonyl (C=O) groups excluding carboxylic acids is 3. The van der Waals surface area contributed by atoms with Gasteiger partial charge in [-0.05, 0) is 18.1 Å². The van der Waals surface area contributed by atoms with Crippen molar-refractivity contribution in [2.75, 3.05) is 19.0 Å². The number of amides is 3. The van der Waals surface area contributed by atoms with Crippen molar-refractivity contribution in [1.82, 2.24) is 20.0 Å². The highest BCUT2D eigenvalue weighted by atomic mass is 16.5. The van der Waals surface area contributed by atoms with Gasteiger partial charge in [-0.3, -0.25) is 19.1 Å². The second kappa shape index (κ2) is 11.3. The molecule has 1 fully saturated rings. The smallest absolute Gasteiger partial charge is 0.244 e. The molecule has 3 amide bonds. The quantitative estimate of drug-likeness (QED) is 0.468. The van der Waals surface area contributed by atoms with Gasteiger partial charge in [-0.1, -0.05) is 48.5 Å². The SMILES string of the molecule is COc1ccccc1CC(=O)Nc1cnn(CC(=O)N(Cc2ccccc2)C[C@@H]2CCC(=O)N2)c1. The van der Waals surface area contributed by atoms with E-state index in [1.54, 1.807) is 18.2 Å². The molecule has 3 aromatic rings. The number of anilines is 1. The first-order chi connectivity index (χ1) is 17.0. The van der Waals surface area contributed by atoms with Crippen molar-refractivity contribution in [1.29, 1.82) is 0 Å². The number of hydrogen-bond acceptors (Lipinski definition) is 5. The summed E-state index contributed by atoms with van der Waals surface area (Å²) in [6.07, 6.45) is 4.50. The third kappa shape index (κ3) is 6.69. The second-order valence-corrected chi connectivity index (χ2v) is 8.53. The number of carbonyl (C=O) groups is 3. The molecule has 0 spiro atoms. The van der Waals surface area contributed by atoms with E-state index in [9.17, 15) is 14.4 Å². The number of nitrogens with zero attached hydrogens (tertiary/aromatic N) is 3. The molecule has 0 aliphatic carbocycles. The van der Waals surface area contributed by atoms with Gasteiger partial charge in [-0.2, -0.15) is 5.10 Å². The average molecular weight is 476 g/mol. The van der Waals surface area contributed by atoms with Gasteiger partial charge >= 0.3 is 0 Å². The van der Waals surface area contributed by atoms with E-state index in [-0.39, 0.29) is 36.7 Å². The summed E-state index contributed by atoms with van der Waals surface area (Å²) in [5.41, 5.74) is 2.30. The Bertz CT molecular complexity index is 1180. The van der Waals surface area contributed by atoms with Crippen molar-refractivity contribution in [3.63, 3.8) is 0 Å². The Kier molecular flexibility index (Phi) is 7.77. The predicted octanol–water partition coefficient (Wildman–Crippen LogP) is 2.38. The molecule has 182 valence electrons. The minimum absolute atomic E-state index is 0.0164. The Morgan fingerprint density at radius 1 is 1.17 bits per heavy atom. The van der Waals surface area contributed by atoms with Crippen LogP contribution in [0.25, 0.3) is 0 Å². The maximum Gasteiger partial charge on any atom is 0.244 e. The first-order valence-corrected chi connectivity index (χ1v) is 11.6. The zero-order valence-electron chi connectivity index (χ0n) is 19.6. The summed E-state index contributed by atoms with van der Waals surface area (Å²) in [5, 5.41) is 9.99. The number of hydrogen-bond donors (Lipinski definition) is 2. The molecule has 4 rings (SSSR count). The lowest BCUT2D eigenvalue weighted by atomic mass is 10.1. The van der Waals surface area contributed by atoms with Gasteiger partial charge in [0.05, 0.1) is 25.4 Å². The summed E-state index contributed by atoms with van der Waals surface area (Å²) in [5.74, 6) is 0.344. The third-order valence-electron chi connectivity index (χ3n) is 5.85. The fourth-order valence-electron chi connectivity index (χ4n) is 4.12. The van der Waals surface area contributed by atoms with Gasteiger partial charge in [0.2, 0.25) is 17.7 Å². The van der Waals surface area contributed by atoms with E-state index >= 15 is 0 Å². The minimum Gasteiger partial charge on any atom is -0.496 e. The summed E-state index contributed by atoms with van der Waals surface area (Å²) < 4.78 is 6.81. The number of ether oxygens (including phenoxy) is 1. The lowest BCUT2D eigenvalue weighted by Crippen LogP contribution is -2.42. The van der Waals surface area contributed by atoms with Crippen LogP contribution >= 0.6 is 0 Å². The highest BCUT2D eigenvalue weighted by Crippen LogP contribution is 2.18. The highest BCUT2D eigenvalue weighted by molar-refractivity contribution is 5.92. The summed E-state index contributed by atoms with van der Waals surface area (Å²) in [6.45, 7) is 0.898. The second-order valence-electron chi connectivity index (χ2n) is 8.53. The molecule has 35 heavy (non-hydrogen) atoms. The molecule has 1 atom stereocenters. The first kappa shape index (κ1) is 24.0. The normalized spacial score (nSPS) is 14.9. The number of benzene rings is 2. The molecule has 2 N–H and O–H groups in total. The first-order valence-electron chi connectivity index (χ1n) is 11.6. The zero-order chi connectivity index (χ0) is 24.6. The van der Waals surface area contributed by atoms with Crippen LogP contribution in [-0.4, -0.2) is 52.1 Å². The Hall–Kier alpha value is -4.14. The van der Waals surface area contributed by atoms with Crippen LogP contribution in [0.5, 0.6) is 5.75 Å². The third-order valence-corrected chi connectivity index (χ3v) is 5.85. The number of para-hydroxylation sites is 1. The van der Waals surface area contributed by atoms with Crippen LogP contribution in [-0.2, 0) is 33.9 Å². The molecule has 9 heteroatoms. The molecule has 1 aliphatic rings. The van der Waals surface area contributed by atoms with E-state index in [1.165, 1.54) is 10.9 Å². The monoisotopic (exact) mass is 475 g/mol. The Labute approximate surface area is 204 Å². The van der Waals surface area contributed by atoms with Crippen molar-refractivity contribution in [3.05, 3.63) is 78.1 Å². The fraction of sp³-hybridized carbons (Fsp3) is 0.308. The van der Waals surface area contributed by atoms with Crippen LogP contribution < -0.4 is 15.4 Å². The lowest BCUT2D eigenvalue weighted by molar-refractivity contribution is -0.133. The van der Waals surface area contributed by atoms with Crippen LogP contribution in [0.1, 0.15) is 24.0 Å². The molecule has 0 unspecified atom stereocenters. The molecule has 2 aromatic carbocycles.